The summed E-state index contributed by atoms with van der Waals surface area (Å²) in [7, 11) is -4.90. The van der Waals surface area contributed by atoms with Crippen molar-refractivity contribution in [3.63, 3.8) is 0 Å². The smallest absolute Gasteiger partial charge is 0.324 e. The maximum atomic E-state index is 12.2. The van der Waals surface area contributed by atoms with Crippen molar-refractivity contribution in [2.45, 2.75) is 32.1 Å². The van der Waals surface area contributed by atoms with Gasteiger partial charge in [-0.2, -0.15) is 22.0 Å². The number of halogens is 5. The van der Waals surface area contributed by atoms with Gasteiger partial charge in [-0.25, -0.2) is 4.52 Å². The summed E-state index contributed by atoms with van der Waals surface area (Å²) in [4.78, 5) is 8.70. The summed E-state index contributed by atoms with van der Waals surface area (Å²) >= 11 is 0. The van der Waals surface area contributed by atoms with E-state index >= 15 is 0 Å². The van der Waals surface area contributed by atoms with Crippen LogP contribution >= 0.6 is 7.60 Å². The van der Waals surface area contributed by atoms with Crippen LogP contribution in [0.1, 0.15) is 19.8 Å². The Kier molecular flexibility index (Phi) is 4.69. The zero-order valence-electron chi connectivity index (χ0n) is 7.72. The molecule has 0 aliphatic carbocycles. The first-order valence-corrected chi connectivity index (χ1v) is 5.75. The summed E-state index contributed by atoms with van der Waals surface area (Å²) in [6.07, 6.45) is -11.9. The van der Waals surface area contributed by atoms with E-state index in [1.54, 1.807) is 6.92 Å². The number of hydrogen-bond donors (Lipinski definition) is 1. The fourth-order valence-electron chi connectivity index (χ4n) is 0.634. The van der Waals surface area contributed by atoms with Crippen LogP contribution in [0.25, 0.3) is 0 Å². The second-order valence-electron chi connectivity index (χ2n) is 2.82. The van der Waals surface area contributed by atoms with Crippen molar-refractivity contribution in [3.8, 4) is 0 Å². The highest BCUT2D eigenvalue weighted by atomic mass is 31.2. The molecule has 0 aliphatic rings. The van der Waals surface area contributed by atoms with E-state index < -0.39 is 26.0 Å². The van der Waals surface area contributed by atoms with Gasteiger partial charge in [0.25, 0.3) is 0 Å². The van der Waals surface area contributed by atoms with Crippen molar-refractivity contribution in [2.24, 2.45) is 0 Å². The molecule has 15 heavy (non-hydrogen) atoms. The van der Waals surface area contributed by atoms with Gasteiger partial charge in [0.15, 0.2) is 0 Å². The van der Waals surface area contributed by atoms with Gasteiger partial charge in [-0.1, -0.05) is 13.3 Å². The Morgan fingerprint density at radius 2 is 1.73 bits per heavy atom. The van der Waals surface area contributed by atoms with E-state index in [1.807, 2.05) is 0 Å². The van der Waals surface area contributed by atoms with Crippen molar-refractivity contribution in [1.29, 1.82) is 0 Å². The lowest BCUT2D eigenvalue weighted by atomic mass is 10.4. The number of hydrogen-bond acceptors (Lipinski definition) is 2. The van der Waals surface area contributed by atoms with E-state index in [9.17, 15) is 26.5 Å². The zero-order valence-corrected chi connectivity index (χ0v) is 8.62. The molecule has 1 N–H and O–H groups in total. The molecule has 92 valence electrons. The number of alkyl halides is 5. The molecular formula is C6H10F5O3P. The minimum absolute atomic E-state index is 0.0295. The maximum absolute atomic E-state index is 12.2. The minimum Gasteiger partial charge on any atom is -0.324 e. The van der Waals surface area contributed by atoms with E-state index in [-0.39, 0.29) is 6.42 Å². The lowest BCUT2D eigenvalue weighted by molar-refractivity contribution is -0.362. The largest absolute Gasteiger partial charge is 0.483 e. The molecule has 0 rings (SSSR count). The molecule has 0 aromatic rings. The molecule has 1 atom stereocenters. The van der Waals surface area contributed by atoms with Crippen LogP contribution in [0.15, 0.2) is 0 Å². The van der Waals surface area contributed by atoms with Crippen LogP contribution in [0.5, 0.6) is 0 Å². The molecule has 0 saturated carbocycles. The number of unbranched alkanes of at least 4 members (excludes halogenated alkanes) is 1. The molecule has 0 fully saturated rings. The van der Waals surface area contributed by atoms with E-state index in [1.165, 1.54) is 0 Å². The van der Waals surface area contributed by atoms with Crippen LogP contribution in [0, 0.1) is 0 Å². The van der Waals surface area contributed by atoms with Gasteiger partial charge >= 0.3 is 19.9 Å². The van der Waals surface area contributed by atoms with Gasteiger partial charge in [-0.15, -0.1) is 0 Å². The van der Waals surface area contributed by atoms with Gasteiger partial charge < -0.3 is 4.89 Å². The van der Waals surface area contributed by atoms with Crippen molar-refractivity contribution in [2.75, 3.05) is 6.16 Å². The maximum Gasteiger partial charge on any atom is 0.483 e. The predicted octanol–water partition coefficient (Wildman–Crippen LogP) is 3.14. The van der Waals surface area contributed by atoms with Gasteiger partial charge in [0.2, 0.25) is 0 Å². The Morgan fingerprint density at radius 1 is 1.27 bits per heavy atom. The molecule has 0 bridgehead atoms. The highest BCUT2D eigenvalue weighted by Crippen LogP contribution is 2.52. The molecule has 0 radical (unpaired) electrons. The first-order chi connectivity index (χ1) is 6.52. The molecule has 0 aliphatic heterocycles. The van der Waals surface area contributed by atoms with Crippen molar-refractivity contribution in [1.82, 2.24) is 0 Å². The second kappa shape index (κ2) is 4.76. The third-order valence-electron chi connectivity index (χ3n) is 1.38. The normalized spacial score (nSPS) is 17.5. The topological polar surface area (TPSA) is 46.5 Å². The van der Waals surface area contributed by atoms with E-state index in [2.05, 4.69) is 4.52 Å². The summed E-state index contributed by atoms with van der Waals surface area (Å²) in [6.45, 7) is 1.59. The van der Waals surface area contributed by atoms with E-state index in [0.29, 0.717) is 6.42 Å². The minimum atomic E-state index is -5.99. The van der Waals surface area contributed by atoms with Crippen LogP contribution < -0.4 is 0 Å². The van der Waals surface area contributed by atoms with Gasteiger partial charge in [0.1, 0.15) is 0 Å². The quantitative estimate of drug-likeness (QED) is 0.607. The van der Waals surface area contributed by atoms with Crippen LogP contribution in [0.4, 0.5) is 22.0 Å². The first kappa shape index (κ1) is 14.8. The summed E-state index contributed by atoms with van der Waals surface area (Å²) in [6, 6.07) is 0. The molecule has 0 saturated heterocycles. The van der Waals surface area contributed by atoms with E-state index in [0.717, 1.165) is 0 Å². The Hall–Kier alpha value is -0.200. The lowest BCUT2D eigenvalue weighted by Gasteiger charge is -2.22. The van der Waals surface area contributed by atoms with Crippen molar-refractivity contribution < 1.29 is 35.9 Å². The Morgan fingerprint density at radius 3 is 2.07 bits per heavy atom. The average Bonchev–Trinajstić information content (AvgIpc) is 1.96. The Balaban J connectivity index is 4.51. The monoisotopic (exact) mass is 256 g/mol. The van der Waals surface area contributed by atoms with E-state index in [4.69, 9.17) is 4.89 Å². The average molecular weight is 256 g/mol. The van der Waals surface area contributed by atoms with Gasteiger partial charge in [0, 0.05) is 0 Å². The highest BCUT2D eigenvalue weighted by molar-refractivity contribution is 7.52. The molecule has 0 spiro atoms. The highest BCUT2D eigenvalue weighted by Gasteiger charge is 2.62. The molecule has 0 heterocycles. The summed E-state index contributed by atoms with van der Waals surface area (Å²) in [5, 5.41) is 0. The lowest BCUT2D eigenvalue weighted by Crippen LogP contribution is -2.38. The van der Waals surface area contributed by atoms with Crippen molar-refractivity contribution >= 4 is 7.60 Å². The third kappa shape index (κ3) is 4.90. The molecule has 9 heteroatoms. The molecule has 0 aromatic heterocycles. The fraction of sp³-hybridized carbons (Fsp3) is 1.00. The summed E-state index contributed by atoms with van der Waals surface area (Å²) in [5.41, 5.74) is 0. The summed E-state index contributed by atoms with van der Waals surface area (Å²) < 4.78 is 72.8. The zero-order chi connectivity index (χ0) is 12.3. The molecule has 0 amide bonds. The Labute approximate surface area is 82.8 Å². The molecule has 1 unspecified atom stereocenters. The van der Waals surface area contributed by atoms with Crippen molar-refractivity contribution in [3.05, 3.63) is 0 Å². The van der Waals surface area contributed by atoms with Gasteiger partial charge in [0.05, 0.1) is 6.16 Å². The fourth-order valence-corrected chi connectivity index (χ4v) is 1.90. The van der Waals surface area contributed by atoms with Gasteiger partial charge in [-0.3, -0.25) is 4.57 Å². The molecule has 0 aromatic carbocycles. The van der Waals surface area contributed by atoms with Crippen LogP contribution in [-0.4, -0.2) is 23.3 Å². The Bertz CT molecular complexity index is 252. The molecule has 3 nitrogen and oxygen atoms in total. The van der Waals surface area contributed by atoms with Crippen LogP contribution in [-0.2, 0) is 9.09 Å². The van der Waals surface area contributed by atoms with Gasteiger partial charge in [-0.05, 0) is 6.42 Å². The molecular weight excluding hydrogens is 246 g/mol. The van der Waals surface area contributed by atoms with Crippen LogP contribution in [0.3, 0.4) is 0 Å². The second-order valence-corrected chi connectivity index (χ2v) is 4.73. The summed E-state index contributed by atoms with van der Waals surface area (Å²) in [5.74, 6) is 0. The first-order valence-electron chi connectivity index (χ1n) is 3.99. The third-order valence-corrected chi connectivity index (χ3v) is 2.78. The predicted molar refractivity (Wildman–Crippen MR) is 41.7 cm³/mol. The SMILES string of the molecule is CCCCP(=O)(O)OC(F)(F)C(F)(F)F. The number of rotatable bonds is 5. The standard InChI is InChI=1S/C6H10F5O3P/c1-2-3-4-15(12,13)14-6(10,11)5(7,8)9/h2-4H2,1H3,(H,12,13). The van der Waals surface area contributed by atoms with Crippen LogP contribution in [0.2, 0.25) is 0 Å².